The smallest absolute Gasteiger partial charge is 0.335 e. The van der Waals surface area contributed by atoms with Crippen molar-refractivity contribution in [1.82, 2.24) is 5.32 Å². The van der Waals surface area contributed by atoms with Crippen molar-refractivity contribution in [2.24, 2.45) is 5.92 Å². The lowest BCUT2D eigenvalue weighted by atomic mass is 10.0. The summed E-state index contributed by atoms with van der Waals surface area (Å²) in [5, 5.41) is 2.15. The molecule has 1 aliphatic heterocycles. The summed E-state index contributed by atoms with van der Waals surface area (Å²) in [6.45, 7) is 3.50. The molecule has 2 rings (SSSR count). The Labute approximate surface area is 109 Å². The van der Waals surface area contributed by atoms with Gasteiger partial charge in [0.25, 0.3) is 0 Å². The largest absolute Gasteiger partial charge is 0.399 e. The van der Waals surface area contributed by atoms with Crippen LogP contribution in [0.4, 0.5) is 16.2 Å². The van der Waals surface area contributed by atoms with E-state index < -0.39 is 23.8 Å². The van der Waals surface area contributed by atoms with E-state index in [1.165, 1.54) is 12.1 Å². The maximum atomic E-state index is 12.2. The lowest BCUT2D eigenvalue weighted by Gasteiger charge is -2.29. The van der Waals surface area contributed by atoms with Crippen molar-refractivity contribution >= 4 is 29.2 Å². The Kier molecular flexibility index (Phi) is 3.33. The Morgan fingerprint density at radius 2 is 2.11 bits per heavy atom. The Morgan fingerprint density at radius 1 is 1.37 bits per heavy atom. The van der Waals surface area contributed by atoms with Crippen LogP contribution in [0.2, 0.25) is 0 Å². The molecule has 0 radical (unpaired) electrons. The number of nitrogen functional groups attached to an aromatic ring is 1. The molecular formula is C13H13N3O3. The molecule has 0 saturated carbocycles. The number of carbonyl (C=O) groups excluding carboxylic acids is 3. The first kappa shape index (κ1) is 12.8. The van der Waals surface area contributed by atoms with Gasteiger partial charge < -0.3 is 5.73 Å². The van der Waals surface area contributed by atoms with Crippen LogP contribution in [0.15, 0.2) is 36.9 Å². The van der Waals surface area contributed by atoms with Gasteiger partial charge >= 0.3 is 6.03 Å². The third-order valence-corrected chi connectivity index (χ3v) is 2.80. The third-order valence-electron chi connectivity index (χ3n) is 2.80. The number of urea groups is 1. The summed E-state index contributed by atoms with van der Waals surface area (Å²) in [5.41, 5.74) is 6.39. The Balaban J connectivity index is 2.38. The molecule has 0 bridgehead atoms. The molecule has 0 spiro atoms. The molecule has 6 heteroatoms. The summed E-state index contributed by atoms with van der Waals surface area (Å²) in [6, 6.07) is 5.58. The fourth-order valence-corrected chi connectivity index (χ4v) is 1.90. The van der Waals surface area contributed by atoms with Gasteiger partial charge in [0.2, 0.25) is 11.8 Å². The van der Waals surface area contributed by atoms with Gasteiger partial charge in [-0.15, -0.1) is 6.58 Å². The van der Waals surface area contributed by atoms with E-state index in [9.17, 15) is 14.4 Å². The normalized spacial score (nSPS) is 19.3. The minimum absolute atomic E-state index is 0.177. The number of hydrogen-bond donors (Lipinski definition) is 2. The topological polar surface area (TPSA) is 92.5 Å². The van der Waals surface area contributed by atoms with E-state index in [-0.39, 0.29) is 6.42 Å². The first-order valence-corrected chi connectivity index (χ1v) is 5.70. The maximum absolute atomic E-state index is 12.2. The quantitative estimate of drug-likeness (QED) is 0.482. The molecule has 6 nitrogen and oxygen atoms in total. The van der Waals surface area contributed by atoms with Crippen molar-refractivity contribution in [3.8, 4) is 0 Å². The van der Waals surface area contributed by atoms with Gasteiger partial charge in [-0.2, -0.15) is 0 Å². The summed E-state index contributed by atoms with van der Waals surface area (Å²) in [5.74, 6) is -2.11. The first-order valence-electron chi connectivity index (χ1n) is 5.70. The second kappa shape index (κ2) is 4.93. The first-order chi connectivity index (χ1) is 9.04. The van der Waals surface area contributed by atoms with Gasteiger partial charge in [0.1, 0.15) is 5.92 Å². The monoisotopic (exact) mass is 259 g/mol. The van der Waals surface area contributed by atoms with Crippen LogP contribution in [-0.2, 0) is 9.59 Å². The average molecular weight is 259 g/mol. The van der Waals surface area contributed by atoms with Crippen molar-refractivity contribution in [2.75, 3.05) is 10.6 Å². The molecule has 1 aromatic carbocycles. The van der Waals surface area contributed by atoms with E-state index in [0.29, 0.717) is 11.4 Å². The molecule has 4 amide bonds. The second-order valence-electron chi connectivity index (χ2n) is 4.14. The molecule has 1 unspecified atom stereocenters. The maximum Gasteiger partial charge on any atom is 0.335 e. The van der Waals surface area contributed by atoms with Crippen molar-refractivity contribution in [3.63, 3.8) is 0 Å². The zero-order valence-corrected chi connectivity index (χ0v) is 10.1. The van der Waals surface area contributed by atoms with Gasteiger partial charge in [-0.05, 0) is 24.6 Å². The number of carbonyl (C=O) groups is 3. The molecule has 1 aromatic rings. The number of barbiturate groups is 1. The van der Waals surface area contributed by atoms with Crippen LogP contribution in [0.3, 0.4) is 0 Å². The fraction of sp³-hybridized carbons (Fsp3) is 0.154. The lowest BCUT2D eigenvalue weighted by molar-refractivity contribution is -0.134. The standard InChI is InChI=1S/C13H13N3O3/c1-2-4-10-11(17)15-13(19)16(12(10)18)9-6-3-5-8(14)7-9/h2-3,5-7,10H,1,4,14H2,(H,15,17,19). The number of amides is 4. The van der Waals surface area contributed by atoms with E-state index in [1.54, 1.807) is 18.2 Å². The lowest BCUT2D eigenvalue weighted by Crippen LogP contribution is -2.58. The van der Waals surface area contributed by atoms with Crippen molar-refractivity contribution in [3.05, 3.63) is 36.9 Å². The van der Waals surface area contributed by atoms with E-state index in [2.05, 4.69) is 11.9 Å². The van der Waals surface area contributed by atoms with Crippen LogP contribution in [0.5, 0.6) is 0 Å². The predicted molar refractivity (Wildman–Crippen MR) is 70.2 cm³/mol. The van der Waals surface area contributed by atoms with Crippen LogP contribution in [-0.4, -0.2) is 17.8 Å². The zero-order chi connectivity index (χ0) is 14.0. The molecule has 0 aromatic heterocycles. The number of rotatable bonds is 3. The second-order valence-corrected chi connectivity index (χ2v) is 4.14. The van der Waals surface area contributed by atoms with E-state index in [4.69, 9.17) is 5.73 Å². The Morgan fingerprint density at radius 3 is 2.74 bits per heavy atom. The fourth-order valence-electron chi connectivity index (χ4n) is 1.90. The van der Waals surface area contributed by atoms with Gasteiger partial charge in [0, 0.05) is 5.69 Å². The highest BCUT2D eigenvalue weighted by molar-refractivity contribution is 6.27. The summed E-state index contributed by atoms with van der Waals surface area (Å²) < 4.78 is 0. The highest BCUT2D eigenvalue weighted by atomic mass is 16.2. The van der Waals surface area contributed by atoms with Crippen LogP contribution >= 0.6 is 0 Å². The minimum atomic E-state index is -0.934. The van der Waals surface area contributed by atoms with Crippen molar-refractivity contribution in [2.45, 2.75) is 6.42 Å². The molecule has 1 aliphatic rings. The molecular weight excluding hydrogens is 246 g/mol. The van der Waals surface area contributed by atoms with Crippen molar-refractivity contribution < 1.29 is 14.4 Å². The zero-order valence-electron chi connectivity index (χ0n) is 10.1. The number of imide groups is 2. The Bertz CT molecular complexity index is 568. The number of nitrogens with two attached hydrogens (primary N) is 1. The van der Waals surface area contributed by atoms with Gasteiger partial charge in [0.05, 0.1) is 5.69 Å². The van der Waals surface area contributed by atoms with Crippen molar-refractivity contribution in [1.29, 1.82) is 0 Å². The van der Waals surface area contributed by atoms with Crippen LogP contribution in [0.1, 0.15) is 6.42 Å². The SMILES string of the molecule is C=CCC1C(=O)NC(=O)N(c2cccc(N)c2)C1=O. The highest BCUT2D eigenvalue weighted by Gasteiger charge is 2.40. The number of hydrogen-bond acceptors (Lipinski definition) is 4. The van der Waals surface area contributed by atoms with Crippen LogP contribution < -0.4 is 16.0 Å². The molecule has 0 aliphatic carbocycles. The number of anilines is 2. The number of nitrogens with one attached hydrogen (secondary N) is 1. The molecule has 3 N–H and O–H groups in total. The van der Waals surface area contributed by atoms with Gasteiger partial charge in [-0.25, -0.2) is 9.69 Å². The third kappa shape index (κ3) is 2.33. The summed E-state index contributed by atoms with van der Waals surface area (Å²) in [6.07, 6.45) is 1.65. The van der Waals surface area contributed by atoms with Crippen LogP contribution in [0, 0.1) is 5.92 Å². The summed E-state index contributed by atoms with van der Waals surface area (Å²) in [4.78, 5) is 36.5. The summed E-state index contributed by atoms with van der Waals surface area (Å²) in [7, 11) is 0. The number of allylic oxidation sites excluding steroid dienone is 1. The van der Waals surface area contributed by atoms with E-state index >= 15 is 0 Å². The molecule has 1 fully saturated rings. The summed E-state index contributed by atoms with van der Waals surface area (Å²) >= 11 is 0. The molecule has 1 atom stereocenters. The highest BCUT2D eigenvalue weighted by Crippen LogP contribution is 2.23. The Hall–Kier alpha value is -2.63. The molecule has 19 heavy (non-hydrogen) atoms. The van der Waals surface area contributed by atoms with E-state index in [0.717, 1.165) is 4.90 Å². The van der Waals surface area contributed by atoms with Crippen LogP contribution in [0.25, 0.3) is 0 Å². The molecule has 1 saturated heterocycles. The average Bonchev–Trinajstić information content (AvgIpc) is 2.34. The molecule has 1 heterocycles. The molecule has 98 valence electrons. The van der Waals surface area contributed by atoms with E-state index in [1.807, 2.05) is 0 Å². The predicted octanol–water partition coefficient (Wildman–Crippen LogP) is 1.04. The number of benzene rings is 1. The minimum Gasteiger partial charge on any atom is -0.399 e. The number of nitrogens with zero attached hydrogens (tertiary/aromatic N) is 1. The van der Waals surface area contributed by atoms with Gasteiger partial charge in [-0.3, -0.25) is 14.9 Å². The van der Waals surface area contributed by atoms with Gasteiger partial charge in [-0.1, -0.05) is 12.1 Å². The van der Waals surface area contributed by atoms with Gasteiger partial charge in [0.15, 0.2) is 0 Å².